The van der Waals surface area contributed by atoms with Gasteiger partial charge in [-0.1, -0.05) is 61.1 Å². The van der Waals surface area contributed by atoms with Crippen LogP contribution in [0.5, 0.6) is 0 Å². The Labute approximate surface area is 150 Å². The molecule has 7 heteroatoms. The van der Waals surface area contributed by atoms with Crippen LogP contribution in [0.25, 0.3) is 0 Å². The van der Waals surface area contributed by atoms with Gasteiger partial charge in [0.05, 0.1) is 5.92 Å². The number of esters is 1. The van der Waals surface area contributed by atoms with Crippen LogP contribution in [0.4, 0.5) is 0 Å². The van der Waals surface area contributed by atoms with E-state index in [1.807, 2.05) is 0 Å². The molecule has 0 aliphatic heterocycles. The van der Waals surface area contributed by atoms with Crippen molar-refractivity contribution in [2.75, 3.05) is 14.2 Å². The third-order valence-electron chi connectivity index (χ3n) is 4.45. The van der Waals surface area contributed by atoms with E-state index < -0.39 is 10.1 Å². The largest absolute Gasteiger partial charge is 0.460 e. The second-order valence-corrected chi connectivity index (χ2v) is 8.31. The van der Waals surface area contributed by atoms with Crippen LogP contribution < -0.4 is 0 Å². The van der Waals surface area contributed by atoms with Gasteiger partial charge in [-0.2, -0.15) is 0 Å². The minimum absolute atomic E-state index is 0.0365. The van der Waals surface area contributed by atoms with Crippen LogP contribution in [0.15, 0.2) is 8.96 Å². The molecule has 4 nitrogen and oxygen atoms in total. The topological polar surface area (TPSA) is 44.8 Å². The average molecular weight is 491 g/mol. The van der Waals surface area contributed by atoms with Crippen LogP contribution >= 0.6 is 47.8 Å². The van der Waals surface area contributed by atoms with Crippen molar-refractivity contribution < 1.29 is 19.0 Å². The number of rotatable bonds is 5. The summed E-state index contributed by atoms with van der Waals surface area (Å²) >= 11 is 11.1. The summed E-state index contributed by atoms with van der Waals surface area (Å²) < 4.78 is 18.4. The second kappa shape index (κ2) is 6.23. The van der Waals surface area contributed by atoms with Gasteiger partial charge in [-0.15, -0.1) is 0 Å². The molecule has 2 aliphatic carbocycles. The number of alkyl halides is 1. The molecule has 2 aliphatic rings. The molecule has 1 fully saturated rings. The van der Waals surface area contributed by atoms with E-state index in [1.165, 1.54) is 6.92 Å². The van der Waals surface area contributed by atoms with Gasteiger partial charge in [0.1, 0.15) is 10.4 Å². The molecule has 0 aromatic heterocycles. The minimum atomic E-state index is -0.912. The Hall–Kier alpha value is 0.570. The number of ether oxygens (including phenoxy) is 3. The third-order valence-corrected chi connectivity index (χ3v) is 8.86. The molecule has 0 spiro atoms. The van der Waals surface area contributed by atoms with E-state index >= 15 is 0 Å². The molecule has 0 saturated heterocycles. The second-order valence-electron chi connectivity index (χ2n) is 5.41. The predicted octanol–water partition coefficient (Wildman–Crippen LogP) is 4.10. The van der Waals surface area contributed by atoms with E-state index in [0.29, 0.717) is 0 Å². The number of hydrogen-bond donors (Lipinski definition) is 0. The molecule has 0 aromatic rings. The number of carbonyl (C=O) groups excluding carboxylic acids is 1. The highest BCUT2D eigenvalue weighted by Crippen LogP contribution is 2.70. The number of halogens is 3. The predicted molar refractivity (Wildman–Crippen MR) is 90.7 cm³/mol. The first-order valence-corrected chi connectivity index (χ1v) is 9.21. The van der Waals surface area contributed by atoms with E-state index in [9.17, 15) is 4.79 Å². The van der Waals surface area contributed by atoms with Gasteiger partial charge >= 0.3 is 5.97 Å². The molecule has 120 valence electrons. The monoisotopic (exact) mass is 488 g/mol. The highest BCUT2D eigenvalue weighted by atomic mass is 79.9. The van der Waals surface area contributed by atoms with E-state index in [0.717, 1.165) is 21.8 Å². The minimum Gasteiger partial charge on any atom is -0.460 e. The molecule has 21 heavy (non-hydrogen) atoms. The van der Waals surface area contributed by atoms with Crippen LogP contribution in [-0.2, 0) is 19.0 Å². The molecule has 0 aromatic carbocycles. The van der Waals surface area contributed by atoms with Crippen molar-refractivity contribution in [2.24, 2.45) is 11.8 Å². The summed E-state index contributed by atoms with van der Waals surface area (Å²) in [5.74, 6) is -1.13. The van der Waals surface area contributed by atoms with Crippen molar-refractivity contribution in [3.05, 3.63) is 8.96 Å². The van der Waals surface area contributed by atoms with E-state index in [1.54, 1.807) is 14.2 Å². The summed E-state index contributed by atoms with van der Waals surface area (Å²) in [6.45, 7) is 3.55. The maximum absolute atomic E-state index is 11.6. The maximum atomic E-state index is 11.6. The van der Waals surface area contributed by atoms with Crippen LogP contribution in [-0.4, -0.2) is 36.4 Å². The van der Waals surface area contributed by atoms with Gasteiger partial charge in [-0.05, 0) is 6.42 Å². The van der Waals surface area contributed by atoms with Crippen molar-refractivity contribution in [3.63, 3.8) is 0 Å². The lowest BCUT2D eigenvalue weighted by molar-refractivity contribution is -0.226. The van der Waals surface area contributed by atoms with Crippen molar-refractivity contribution in [3.8, 4) is 0 Å². The van der Waals surface area contributed by atoms with Crippen molar-refractivity contribution in [2.45, 2.75) is 42.9 Å². The van der Waals surface area contributed by atoms with Gasteiger partial charge in [0.15, 0.2) is 5.79 Å². The first kappa shape index (κ1) is 17.9. The van der Waals surface area contributed by atoms with Gasteiger partial charge in [-0.3, -0.25) is 4.79 Å². The lowest BCUT2D eigenvalue weighted by Crippen LogP contribution is -2.54. The molecular formula is C14H19Br3O4. The third kappa shape index (κ3) is 2.22. The van der Waals surface area contributed by atoms with Crippen LogP contribution in [0, 0.1) is 11.8 Å². The van der Waals surface area contributed by atoms with Crippen molar-refractivity contribution in [1.29, 1.82) is 0 Å². The zero-order valence-corrected chi connectivity index (χ0v) is 17.2. The van der Waals surface area contributed by atoms with Gasteiger partial charge < -0.3 is 14.2 Å². The van der Waals surface area contributed by atoms with Gasteiger partial charge in [-0.25, -0.2) is 0 Å². The smallest absolute Gasteiger partial charge is 0.302 e. The molecule has 2 bridgehead atoms. The lowest BCUT2D eigenvalue weighted by atomic mass is 9.86. The summed E-state index contributed by atoms with van der Waals surface area (Å²) in [5.41, 5.74) is 0. The Bertz CT molecular complexity index is 475. The zero-order chi connectivity index (χ0) is 16.0. The molecule has 0 amide bonds. The van der Waals surface area contributed by atoms with E-state index in [4.69, 9.17) is 14.2 Å². The van der Waals surface area contributed by atoms with E-state index in [-0.39, 0.29) is 23.9 Å². The molecule has 0 radical (unpaired) electrons. The lowest BCUT2D eigenvalue weighted by Gasteiger charge is -2.39. The summed E-state index contributed by atoms with van der Waals surface area (Å²) in [4.78, 5) is 11.6. The Morgan fingerprint density at radius 1 is 1.29 bits per heavy atom. The Morgan fingerprint density at radius 2 is 1.86 bits per heavy atom. The summed E-state index contributed by atoms with van der Waals surface area (Å²) in [6, 6.07) is 0. The average Bonchev–Trinajstić information content (AvgIpc) is 2.74. The van der Waals surface area contributed by atoms with Crippen LogP contribution in [0.1, 0.15) is 26.7 Å². The van der Waals surface area contributed by atoms with Crippen LogP contribution in [0.3, 0.4) is 0 Å². The molecule has 1 saturated carbocycles. The van der Waals surface area contributed by atoms with Gasteiger partial charge in [0, 0.05) is 36.0 Å². The number of carbonyl (C=O) groups is 1. The standard InChI is InChI=1S/C14H19Br3O4/c1-5-6-8-9-10(15)11(16)13(17,12(8)21-7(2)18)14(9,19-3)20-4/h8-9,12H,5-6H2,1-4H3/t8-,9-,12-,13+/m0/s1. The normalized spacial score (nSPS) is 37.2. The number of methoxy groups -OCH3 is 2. The molecular weight excluding hydrogens is 472 g/mol. The molecule has 0 heterocycles. The van der Waals surface area contributed by atoms with Gasteiger partial charge in [0.2, 0.25) is 0 Å². The maximum Gasteiger partial charge on any atom is 0.302 e. The quantitative estimate of drug-likeness (QED) is 0.330. The fourth-order valence-corrected chi connectivity index (χ4v) is 6.94. The van der Waals surface area contributed by atoms with E-state index in [2.05, 4.69) is 54.7 Å². The first-order chi connectivity index (χ1) is 9.81. The molecule has 2 rings (SSSR count). The molecule has 0 unspecified atom stereocenters. The van der Waals surface area contributed by atoms with Crippen LogP contribution in [0.2, 0.25) is 0 Å². The summed E-state index contributed by atoms with van der Waals surface area (Å²) in [5, 5.41) is 0. The van der Waals surface area contributed by atoms with Gasteiger partial charge in [0.25, 0.3) is 0 Å². The Kier molecular flexibility index (Phi) is 5.31. The SMILES string of the molecule is CCC[C@H]1[C@H]2C(Br)=C(Br)[C@@](Br)([C@H]1OC(C)=O)C2(OC)OC. The number of hydrogen-bond acceptors (Lipinski definition) is 4. The number of fused-ring (bicyclic) bond motifs is 2. The zero-order valence-electron chi connectivity index (χ0n) is 12.4. The molecule has 4 atom stereocenters. The first-order valence-electron chi connectivity index (χ1n) is 6.83. The highest BCUT2D eigenvalue weighted by Gasteiger charge is 2.77. The summed E-state index contributed by atoms with van der Waals surface area (Å²) in [7, 11) is 3.25. The Morgan fingerprint density at radius 3 is 2.29 bits per heavy atom. The summed E-state index contributed by atoms with van der Waals surface area (Å²) in [6.07, 6.45) is 1.55. The van der Waals surface area contributed by atoms with Crippen molar-refractivity contribution >= 4 is 53.8 Å². The van der Waals surface area contributed by atoms with Crippen molar-refractivity contribution in [1.82, 2.24) is 0 Å². The molecule has 0 N–H and O–H groups in total. The fourth-order valence-electron chi connectivity index (χ4n) is 3.75. The Balaban J connectivity index is 2.59. The highest BCUT2D eigenvalue weighted by molar-refractivity contribution is 9.15. The fraction of sp³-hybridized carbons (Fsp3) is 0.786.